The quantitative estimate of drug-likeness (QED) is 0.537. The van der Waals surface area contributed by atoms with Gasteiger partial charge in [-0.1, -0.05) is 5.47 Å². The predicted octanol–water partition coefficient (Wildman–Crippen LogP) is 1.84. The van der Waals surface area contributed by atoms with Gasteiger partial charge in [0.05, 0.1) is 5.56 Å². The molecule has 0 aliphatic rings. The van der Waals surface area contributed by atoms with Crippen LogP contribution in [0.2, 0.25) is 0 Å². The second-order valence-electron chi connectivity index (χ2n) is 3.81. The van der Waals surface area contributed by atoms with Gasteiger partial charge in [-0.05, 0) is 30.7 Å². The average Bonchev–Trinajstić information content (AvgIpc) is 2.19. The van der Waals surface area contributed by atoms with Gasteiger partial charge in [-0.3, -0.25) is 0 Å². The molecule has 2 aromatic rings. The molecule has 0 saturated heterocycles. The highest BCUT2D eigenvalue weighted by atomic mass is 19.1. The van der Waals surface area contributed by atoms with Crippen molar-refractivity contribution in [3.63, 3.8) is 0 Å². The van der Waals surface area contributed by atoms with Crippen LogP contribution in [0.25, 0.3) is 16.4 Å². The number of rotatable bonds is 1. The third-order valence-corrected chi connectivity index (χ3v) is 2.55. The lowest BCUT2D eigenvalue weighted by Gasteiger charge is -2.06. The molecule has 1 aromatic heterocycles. The molecule has 1 aromatic carbocycles. The molecule has 0 saturated carbocycles. The SMILES string of the molecule is BC(=C)c1c(C)c2cc(F)ccc2oc1=O. The maximum atomic E-state index is 13.1. The maximum absolute atomic E-state index is 13.1. The Hall–Kier alpha value is -1.84. The Morgan fingerprint density at radius 3 is 2.81 bits per heavy atom. The van der Waals surface area contributed by atoms with Crippen molar-refractivity contribution in [2.24, 2.45) is 0 Å². The molecule has 16 heavy (non-hydrogen) atoms. The molecule has 0 unspecified atom stereocenters. The summed E-state index contributed by atoms with van der Waals surface area (Å²) in [5.41, 5.74) is 1.73. The molecule has 1 heterocycles. The molecule has 0 aliphatic carbocycles. The molecule has 4 heteroatoms. The molecule has 2 rings (SSSR count). The highest BCUT2D eigenvalue weighted by Crippen LogP contribution is 2.22. The van der Waals surface area contributed by atoms with Crippen LogP contribution >= 0.6 is 0 Å². The second kappa shape index (κ2) is 3.63. The molecule has 0 spiro atoms. The first-order valence-corrected chi connectivity index (χ1v) is 4.89. The van der Waals surface area contributed by atoms with Crippen molar-refractivity contribution in [3.05, 3.63) is 52.1 Å². The van der Waals surface area contributed by atoms with E-state index in [1.165, 1.54) is 18.2 Å². The Kier molecular flexibility index (Phi) is 2.42. The van der Waals surface area contributed by atoms with Crippen LogP contribution in [0.15, 0.2) is 34.0 Å². The van der Waals surface area contributed by atoms with E-state index < -0.39 is 5.63 Å². The van der Waals surface area contributed by atoms with Gasteiger partial charge in [0.25, 0.3) is 0 Å². The van der Waals surface area contributed by atoms with Crippen molar-refractivity contribution in [2.75, 3.05) is 0 Å². The first-order valence-electron chi connectivity index (χ1n) is 4.89. The highest BCUT2D eigenvalue weighted by molar-refractivity contribution is 6.42. The number of hydrogen-bond acceptors (Lipinski definition) is 2. The monoisotopic (exact) mass is 216 g/mol. The lowest BCUT2D eigenvalue weighted by atomic mass is 9.88. The third kappa shape index (κ3) is 1.56. The summed E-state index contributed by atoms with van der Waals surface area (Å²) in [6.45, 7) is 5.49. The van der Waals surface area contributed by atoms with E-state index in [0.29, 0.717) is 27.6 Å². The first-order chi connectivity index (χ1) is 7.50. The van der Waals surface area contributed by atoms with Crippen LogP contribution in [-0.2, 0) is 0 Å². The van der Waals surface area contributed by atoms with Crippen LogP contribution in [0, 0.1) is 12.7 Å². The Bertz CT molecular complexity index is 643. The molecule has 0 radical (unpaired) electrons. The second-order valence-corrected chi connectivity index (χ2v) is 3.81. The van der Waals surface area contributed by atoms with Gasteiger partial charge in [-0.15, -0.1) is 6.58 Å². The third-order valence-electron chi connectivity index (χ3n) is 2.55. The van der Waals surface area contributed by atoms with Crippen molar-refractivity contribution in [1.29, 1.82) is 0 Å². The molecular formula is C12H10BFO2. The van der Waals surface area contributed by atoms with Gasteiger partial charge in [0, 0.05) is 5.39 Å². The molecule has 80 valence electrons. The van der Waals surface area contributed by atoms with E-state index in [-0.39, 0.29) is 5.82 Å². The minimum absolute atomic E-state index is 0.350. The lowest BCUT2D eigenvalue weighted by Crippen LogP contribution is -2.09. The van der Waals surface area contributed by atoms with Crippen LogP contribution in [0.5, 0.6) is 0 Å². The van der Waals surface area contributed by atoms with Crippen LogP contribution in [0.4, 0.5) is 4.39 Å². The average molecular weight is 216 g/mol. The molecule has 0 bridgehead atoms. The van der Waals surface area contributed by atoms with Gasteiger partial charge < -0.3 is 4.42 Å². The molecular weight excluding hydrogens is 206 g/mol. The summed E-state index contributed by atoms with van der Waals surface area (Å²) < 4.78 is 18.2. The highest BCUT2D eigenvalue weighted by Gasteiger charge is 2.11. The molecule has 0 fully saturated rings. The fraction of sp³-hybridized carbons (Fsp3) is 0.0833. The topological polar surface area (TPSA) is 30.2 Å². The van der Waals surface area contributed by atoms with E-state index in [1.54, 1.807) is 14.8 Å². The van der Waals surface area contributed by atoms with Crippen molar-refractivity contribution >= 4 is 24.3 Å². The number of fused-ring (bicyclic) bond motifs is 1. The predicted molar refractivity (Wildman–Crippen MR) is 64.8 cm³/mol. The van der Waals surface area contributed by atoms with Crippen molar-refractivity contribution in [3.8, 4) is 0 Å². The summed E-state index contributed by atoms with van der Waals surface area (Å²) in [5.74, 6) is -0.350. The van der Waals surface area contributed by atoms with Crippen LogP contribution < -0.4 is 5.63 Å². The van der Waals surface area contributed by atoms with Gasteiger partial charge in [0.2, 0.25) is 0 Å². The first kappa shape index (κ1) is 10.7. The van der Waals surface area contributed by atoms with Gasteiger partial charge >= 0.3 is 5.63 Å². The van der Waals surface area contributed by atoms with E-state index in [2.05, 4.69) is 6.58 Å². The van der Waals surface area contributed by atoms with E-state index >= 15 is 0 Å². The zero-order valence-electron chi connectivity index (χ0n) is 9.13. The zero-order valence-corrected chi connectivity index (χ0v) is 9.13. The normalized spacial score (nSPS) is 10.6. The molecule has 0 atom stereocenters. The molecule has 2 nitrogen and oxygen atoms in total. The number of aryl methyl sites for hydroxylation is 1. The Labute approximate surface area is 92.8 Å². The summed E-state index contributed by atoms with van der Waals surface area (Å²) in [6, 6.07) is 4.09. The minimum Gasteiger partial charge on any atom is -0.422 e. The largest absolute Gasteiger partial charge is 0.422 e. The van der Waals surface area contributed by atoms with Crippen molar-refractivity contribution < 1.29 is 8.81 Å². The number of halogens is 1. The fourth-order valence-electron chi connectivity index (χ4n) is 1.82. The Morgan fingerprint density at radius 1 is 1.50 bits per heavy atom. The minimum atomic E-state index is -0.427. The summed E-state index contributed by atoms with van der Waals surface area (Å²) in [7, 11) is 1.73. The van der Waals surface area contributed by atoms with Gasteiger partial charge in [0.1, 0.15) is 19.2 Å². The molecule has 0 N–H and O–H groups in total. The smallest absolute Gasteiger partial charge is 0.343 e. The van der Waals surface area contributed by atoms with E-state index in [0.717, 1.165) is 0 Å². The van der Waals surface area contributed by atoms with Crippen molar-refractivity contribution in [1.82, 2.24) is 0 Å². The zero-order chi connectivity index (χ0) is 11.9. The Morgan fingerprint density at radius 2 is 2.19 bits per heavy atom. The maximum Gasteiger partial charge on any atom is 0.343 e. The molecule has 0 aliphatic heterocycles. The standard InChI is InChI=1S/C12H10BFO2/c1-6-9-5-8(14)3-4-10(9)16-12(15)11(6)7(2)13/h3-5H,2,13H2,1H3. The summed E-state index contributed by atoms with van der Waals surface area (Å²) >= 11 is 0. The summed E-state index contributed by atoms with van der Waals surface area (Å²) in [6.07, 6.45) is 0. The number of hydrogen-bond donors (Lipinski definition) is 0. The van der Waals surface area contributed by atoms with Gasteiger partial charge in [-0.2, -0.15) is 0 Å². The molecule has 0 amide bonds. The van der Waals surface area contributed by atoms with Gasteiger partial charge in [-0.25, -0.2) is 9.18 Å². The van der Waals surface area contributed by atoms with Gasteiger partial charge in [0.15, 0.2) is 0 Å². The van der Waals surface area contributed by atoms with E-state index in [4.69, 9.17) is 4.42 Å². The van der Waals surface area contributed by atoms with Crippen LogP contribution in [0.3, 0.4) is 0 Å². The van der Waals surface area contributed by atoms with Crippen LogP contribution in [-0.4, -0.2) is 7.85 Å². The summed E-state index contributed by atoms with van der Waals surface area (Å²) in [4.78, 5) is 11.7. The fourth-order valence-corrected chi connectivity index (χ4v) is 1.82. The lowest BCUT2D eigenvalue weighted by molar-refractivity contribution is 0.555. The summed E-state index contributed by atoms with van der Waals surface area (Å²) in [5, 5.41) is 0.609. The van der Waals surface area contributed by atoms with E-state index in [1.807, 2.05) is 0 Å². The number of benzene rings is 1. The van der Waals surface area contributed by atoms with E-state index in [9.17, 15) is 9.18 Å². The van der Waals surface area contributed by atoms with Crippen molar-refractivity contribution in [2.45, 2.75) is 6.92 Å². The Balaban J connectivity index is 2.96. The van der Waals surface area contributed by atoms with Crippen LogP contribution in [0.1, 0.15) is 11.1 Å².